The molecule has 0 spiro atoms. The molecule has 0 aliphatic heterocycles. The molecule has 0 bridgehead atoms. The van der Waals surface area contributed by atoms with Gasteiger partial charge >= 0.3 is 0 Å². The first-order valence-electron chi connectivity index (χ1n) is 9.65. The van der Waals surface area contributed by atoms with Crippen molar-refractivity contribution >= 4 is 40.7 Å². The van der Waals surface area contributed by atoms with Crippen LogP contribution < -0.4 is 4.74 Å². The highest BCUT2D eigenvalue weighted by Gasteiger charge is 2.19. The Morgan fingerprint density at radius 2 is 1.81 bits per heavy atom. The Balaban J connectivity index is 1.48. The van der Waals surface area contributed by atoms with Crippen LogP contribution in [0.15, 0.2) is 58.2 Å². The van der Waals surface area contributed by atoms with E-state index in [0.29, 0.717) is 26.7 Å². The molecule has 2 heterocycles. The number of aromatic nitrogens is 3. The Kier molecular flexibility index (Phi) is 6.60. The van der Waals surface area contributed by atoms with E-state index in [4.69, 9.17) is 32.4 Å². The zero-order valence-electron chi connectivity index (χ0n) is 17.6. The molecule has 0 saturated heterocycles. The van der Waals surface area contributed by atoms with Gasteiger partial charge in [-0.15, -0.1) is 10.2 Å². The van der Waals surface area contributed by atoms with Crippen molar-refractivity contribution in [2.75, 3.05) is 12.9 Å². The number of ketones is 1. The van der Waals surface area contributed by atoms with Gasteiger partial charge in [0.1, 0.15) is 5.75 Å². The van der Waals surface area contributed by atoms with Crippen LogP contribution in [0.25, 0.3) is 17.1 Å². The van der Waals surface area contributed by atoms with E-state index in [9.17, 15) is 4.79 Å². The van der Waals surface area contributed by atoms with E-state index in [1.54, 1.807) is 19.2 Å². The number of hydrogen-bond acceptors (Lipinski definition) is 6. The fourth-order valence-electron chi connectivity index (χ4n) is 3.39. The highest BCUT2D eigenvalue weighted by atomic mass is 35.5. The Morgan fingerprint density at radius 1 is 1.06 bits per heavy atom. The van der Waals surface area contributed by atoms with Gasteiger partial charge in [-0.1, -0.05) is 35.0 Å². The van der Waals surface area contributed by atoms with Gasteiger partial charge in [0, 0.05) is 28.2 Å². The van der Waals surface area contributed by atoms with Gasteiger partial charge in [0.05, 0.1) is 22.9 Å². The summed E-state index contributed by atoms with van der Waals surface area (Å²) in [5.41, 5.74) is 4.02. The maximum atomic E-state index is 12.9. The van der Waals surface area contributed by atoms with Gasteiger partial charge < -0.3 is 13.7 Å². The van der Waals surface area contributed by atoms with Crippen molar-refractivity contribution in [1.82, 2.24) is 14.8 Å². The fourth-order valence-corrected chi connectivity index (χ4v) is 4.33. The second-order valence-corrected chi connectivity index (χ2v) is 8.77. The van der Waals surface area contributed by atoms with Gasteiger partial charge in [0.25, 0.3) is 5.22 Å². The van der Waals surface area contributed by atoms with Crippen molar-refractivity contribution in [3.05, 3.63) is 75.5 Å². The lowest BCUT2D eigenvalue weighted by atomic mass is 10.2. The van der Waals surface area contributed by atoms with Gasteiger partial charge in [0.15, 0.2) is 5.78 Å². The van der Waals surface area contributed by atoms with E-state index < -0.39 is 0 Å². The number of Topliss-reactive ketones (excluding diaryl/α,β-unsaturated/α-hetero) is 1. The van der Waals surface area contributed by atoms with Crippen molar-refractivity contribution < 1.29 is 13.9 Å². The number of halogens is 2. The zero-order chi connectivity index (χ0) is 22.8. The molecule has 0 radical (unpaired) electrons. The third kappa shape index (κ3) is 4.55. The molecule has 9 heteroatoms. The molecular weight excluding hydrogens is 469 g/mol. The minimum Gasteiger partial charge on any atom is -0.497 e. The predicted octanol–water partition coefficient (Wildman–Crippen LogP) is 6.43. The standard InChI is InChI=1S/C23H19Cl2N3O3S/c1-13-10-18(14(2)28(13)16-6-9-19(24)20(25)11-16)21(29)12-32-23-27-26-22(31-23)15-4-7-17(30-3)8-5-15/h4-11H,12H2,1-3H3. The van der Waals surface area contributed by atoms with E-state index in [-0.39, 0.29) is 11.5 Å². The van der Waals surface area contributed by atoms with E-state index in [2.05, 4.69) is 10.2 Å². The van der Waals surface area contributed by atoms with Crippen molar-refractivity contribution in [2.45, 2.75) is 19.1 Å². The second kappa shape index (κ2) is 9.40. The zero-order valence-corrected chi connectivity index (χ0v) is 19.9. The average Bonchev–Trinajstić information content (AvgIpc) is 3.38. The Morgan fingerprint density at radius 3 is 2.50 bits per heavy atom. The number of nitrogens with zero attached hydrogens (tertiary/aromatic N) is 3. The maximum Gasteiger partial charge on any atom is 0.277 e. The summed E-state index contributed by atoms with van der Waals surface area (Å²) in [5.74, 6) is 1.28. The number of thioether (sulfide) groups is 1. The van der Waals surface area contributed by atoms with Gasteiger partial charge in [-0.25, -0.2) is 0 Å². The molecule has 4 rings (SSSR count). The summed E-state index contributed by atoms with van der Waals surface area (Å²) in [7, 11) is 1.61. The highest BCUT2D eigenvalue weighted by Crippen LogP contribution is 2.29. The second-order valence-electron chi connectivity index (χ2n) is 7.03. The van der Waals surface area contributed by atoms with Crippen LogP contribution in [-0.2, 0) is 0 Å². The first kappa shape index (κ1) is 22.5. The molecular formula is C23H19Cl2N3O3S. The summed E-state index contributed by atoms with van der Waals surface area (Å²) in [6, 6.07) is 14.6. The van der Waals surface area contributed by atoms with Crippen LogP contribution in [0.4, 0.5) is 0 Å². The molecule has 0 fully saturated rings. The lowest BCUT2D eigenvalue weighted by Gasteiger charge is -2.11. The SMILES string of the molecule is COc1ccc(-c2nnc(SCC(=O)c3cc(C)n(-c4ccc(Cl)c(Cl)c4)c3C)o2)cc1. The smallest absolute Gasteiger partial charge is 0.277 e. The molecule has 0 unspecified atom stereocenters. The number of ether oxygens (including phenoxy) is 1. The topological polar surface area (TPSA) is 70.2 Å². The van der Waals surface area contributed by atoms with Gasteiger partial charge in [0.2, 0.25) is 5.89 Å². The molecule has 0 amide bonds. The molecule has 6 nitrogen and oxygen atoms in total. The molecule has 4 aromatic rings. The molecule has 0 N–H and O–H groups in total. The number of rotatable bonds is 7. The number of carbonyl (C=O) groups is 1. The number of methoxy groups -OCH3 is 1. The summed E-state index contributed by atoms with van der Waals surface area (Å²) in [6.07, 6.45) is 0. The van der Waals surface area contributed by atoms with Crippen molar-refractivity contribution in [3.63, 3.8) is 0 Å². The molecule has 0 saturated carbocycles. The largest absolute Gasteiger partial charge is 0.497 e. The first-order valence-corrected chi connectivity index (χ1v) is 11.4. The van der Waals surface area contributed by atoms with Crippen LogP contribution in [-0.4, -0.2) is 33.4 Å². The van der Waals surface area contributed by atoms with Crippen molar-refractivity contribution in [3.8, 4) is 22.9 Å². The molecule has 0 atom stereocenters. The highest BCUT2D eigenvalue weighted by molar-refractivity contribution is 7.99. The lowest BCUT2D eigenvalue weighted by molar-refractivity contribution is 0.102. The quantitative estimate of drug-likeness (QED) is 0.220. The van der Waals surface area contributed by atoms with E-state index in [0.717, 1.165) is 28.4 Å². The third-order valence-corrected chi connectivity index (χ3v) is 6.52. The van der Waals surface area contributed by atoms with Crippen LogP contribution in [0.1, 0.15) is 21.7 Å². The number of aryl methyl sites for hydroxylation is 1. The van der Waals surface area contributed by atoms with Gasteiger partial charge in [-0.3, -0.25) is 4.79 Å². The minimum absolute atomic E-state index is 0.0291. The Bertz CT molecular complexity index is 1280. The first-order chi connectivity index (χ1) is 15.4. The minimum atomic E-state index is -0.0291. The van der Waals surface area contributed by atoms with Crippen molar-refractivity contribution in [1.29, 1.82) is 0 Å². The van der Waals surface area contributed by atoms with Crippen LogP contribution in [0, 0.1) is 13.8 Å². The van der Waals surface area contributed by atoms with E-state index in [1.807, 2.05) is 54.8 Å². The number of hydrogen-bond donors (Lipinski definition) is 0. The number of benzene rings is 2. The molecule has 0 aliphatic carbocycles. The van der Waals surface area contributed by atoms with Crippen LogP contribution in [0.3, 0.4) is 0 Å². The van der Waals surface area contributed by atoms with Crippen LogP contribution in [0.5, 0.6) is 5.75 Å². The summed E-state index contributed by atoms with van der Waals surface area (Å²) >= 11 is 13.4. The number of carbonyl (C=O) groups excluding carboxylic acids is 1. The normalized spacial score (nSPS) is 11.0. The molecule has 2 aromatic carbocycles. The molecule has 32 heavy (non-hydrogen) atoms. The molecule has 0 aliphatic rings. The summed E-state index contributed by atoms with van der Waals surface area (Å²) < 4.78 is 12.8. The average molecular weight is 488 g/mol. The Hall–Kier alpha value is -2.74. The van der Waals surface area contributed by atoms with Crippen LogP contribution >= 0.6 is 35.0 Å². The summed E-state index contributed by atoms with van der Waals surface area (Å²) in [6.45, 7) is 3.85. The fraction of sp³-hybridized carbons (Fsp3) is 0.174. The van der Waals surface area contributed by atoms with Gasteiger partial charge in [-0.2, -0.15) is 0 Å². The maximum absolute atomic E-state index is 12.9. The Labute approximate surface area is 199 Å². The van der Waals surface area contributed by atoms with Crippen molar-refractivity contribution in [2.24, 2.45) is 0 Å². The summed E-state index contributed by atoms with van der Waals surface area (Å²) in [4.78, 5) is 12.9. The predicted molar refractivity (Wildman–Crippen MR) is 127 cm³/mol. The van der Waals surface area contributed by atoms with E-state index >= 15 is 0 Å². The summed E-state index contributed by atoms with van der Waals surface area (Å²) in [5, 5.41) is 9.39. The third-order valence-electron chi connectivity index (χ3n) is 4.96. The van der Waals surface area contributed by atoms with E-state index in [1.165, 1.54) is 11.8 Å². The monoisotopic (exact) mass is 487 g/mol. The van der Waals surface area contributed by atoms with Gasteiger partial charge in [-0.05, 0) is 62.4 Å². The van der Waals surface area contributed by atoms with Crippen LogP contribution in [0.2, 0.25) is 10.0 Å². The lowest BCUT2D eigenvalue weighted by Crippen LogP contribution is -2.05. The molecule has 164 valence electrons. The molecule has 2 aromatic heterocycles.